The molecule has 1 aliphatic heterocycles. The van der Waals surface area contributed by atoms with E-state index in [9.17, 15) is 19.8 Å². The summed E-state index contributed by atoms with van der Waals surface area (Å²) in [6.07, 6.45) is -0.875. The molecule has 3 atom stereocenters. The number of β-amino-alcohol motifs (C(OH)–C–C–N with tert-alkyl or cyclic N) is 1. The Kier molecular flexibility index (Phi) is 7.70. The highest BCUT2D eigenvalue weighted by Gasteiger charge is 2.29. The number of nitrogens with zero attached hydrogens (tertiary/aromatic N) is 1. The van der Waals surface area contributed by atoms with Crippen molar-refractivity contribution in [2.75, 3.05) is 32.9 Å². The Morgan fingerprint density at radius 3 is 2.37 bits per heavy atom. The average molecular weight is 413 g/mol. The standard InChI is InChI=1S/C23H27NO6/c1-16(20(14-25)24-11-12-29-21(26)13-24)15-30-23(28)19-9-7-18(8-10-19)22(27)17-5-3-2-4-6-17/h2-10,16,20-21,25-26H,11-15H2,1H3. The maximum Gasteiger partial charge on any atom is 0.338 e. The van der Waals surface area contributed by atoms with Crippen molar-refractivity contribution in [3.63, 3.8) is 0 Å². The maximum absolute atomic E-state index is 12.5. The predicted molar refractivity (Wildman–Crippen MR) is 110 cm³/mol. The minimum atomic E-state index is -0.875. The van der Waals surface area contributed by atoms with Gasteiger partial charge in [-0.2, -0.15) is 0 Å². The molecule has 7 nitrogen and oxygen atoms in total. The lowest BCUT2D eigenvalue weighted by Crippen LogP contribution is -2.52. The summed E-state index contributed by atoms with van der Waals surface area (Å²) in [4.78, 5) is 26.8. The minimum Gasteiger partial charge on any atom is -0.462 e. The molecular weight excluding hydrogens is 386 g/mol. The van der Waals surface area contributed by atoms with Crippen molar-refractivity contribution >= 4 is 11.8 Å². The van der Waals surface area contributed by atoms with E-state index in [0.29, 0.717) is 36.4 Å². The number of morpholine rings is 1. The monoisotopic (exact) mass is 413 g/mol. The molecule has 0 aromatic heterocycles. The molecule has 2 N–H and O–H groups in total. The molecule has 1 aliphatic rings. The van der Waals surface area contributed by atoms with Crippen LogP contribution in [0.5, 0.6) is 0 Å². The second kappa shape index (κ2) is 10.4. The number of ketones is 1. The molecule has 0 aliphatic carbocycles. The molecule has 0 bridgehead atoms. The molecule has 3 rings (SSSR count). The molecule has 0 amide bonds. The molecule has 1 fully saturated rings. The van der Waals surface area contributed by atoms with Crippen LogP contribution in [-0.2, 0) is 9.47 Å². The first-order valence-corrected chi connectivity index (χ1v) is 10.0. The smallest absolute Gasteiger partial charge is 0.338 e. The first kappa shape index (κ1) is 22.1. The Labute approximate surface area is 175 Å². The normalized spacial score (nSPS) is 19.1. The van der Waals surface area contributed by atoms with Gasteiger partial charge in [-0.25, -0.2) is 4.79 Å². The summed E-state index contributed by atoms with van der Waals surface area (Å²) in [7, 11) is 0. The van der Waals surface area contributed by atoms with Gasteiger partial charge in [0.1, 0.15) is 0 Å². The third kappa shape index (κ3) is 5.52. The van der Waals surface area contributed by atoms with Gasteiger partial charge in [0.25, 0.3) is 0 Å². The quantitative estimate of drug-likeness (QED) is 0.502. The lowest BCUT2D eigenvalue weighted by atomic mass is 10.0. The summed E-state index contributed by atoms with van der Waals surface area (Å²) in [5, 5.41) is 19.4. The third-order valence-corrected chi connectivity index (χ3v) is 5.29. The minimum absolute atomic E-state index is 0.109. The summed E-state index contributed by atoms with van der Waals surface area (Å²) >= 11 is 0. The van der Waals surface area contributed by atoms with Crippen molar-refractivity contribution < 1.29 is 29.3 Å². The Morgan fingerprint density at radius 2 is 1.73 bits per heavy atom. The van der Waals surface area contributed by atoms with Crippen molar-refractivity contribution in [2.45, 2.75) is 19.3 Å². The van der Waals surface area contributed by atoms with Crippen LogP contribution in [0.3, 0.4) is 0 Å². The Balaban J connectivity index is 1.56. The van der Waals surface area contributed by atoms with Gasteiger partial charge in [0.2, 0.25) is 0 Å². The summed E-state index contributed by atoms with van der Waals surface area (Å²) in [6, 6.07) is 15.1. The average Bonchev–Trinajstić information content (AvgIpc) is 2.78. The van der Waals surface area contributed by atoms with E-state index in [1.807, 2.05) is 17.9 Å². The molecule has 1 saturated heterocycles. The van der Waals surface area contributed by atoms with E-state index in [4.69, 9.17) is 9.47 Å². The summed E-state index contributed by atoms with van der Waals surface area (Å²) in [5.41, 5.74) is 1.44. The number of hydrogen-bond donors (Lipinski definition) is 2. The van der Waals surface area contributed by atoms with Gasteiger partial charge in [-0.3, -0.25) is 9.69 Å². The van der Waals surface area contributed by atoms with E-state index < -0.39 is 12.3 Å². The van der Waals surface area contributed by atoms with E-state index in [1.165, 1.54) is 0 Å². The van der Waals surface area contributed by atoms with E-state index in [1.54, 1.807) is 48.5 Å². The van der Waals surface area contributed by atoms with Crippen LogP contribution in [0.2, 0.25) is 0 Å². The molecular formula is C23H27NO6. The fraction of sp³-hybridized carbons (Fsp3) is 0.391. The molecule has 160 valence electrons. The molecule has 0 saturated carbocycles. The zero-order chi connectivity index (χ0) is 21.5. The predicted octanol–water partition coefficient (Wildman–Crippen LogP) is 1.72. The fourth-order valence-corrected chi connectivity index (χ4v) is 3.52. The second-order valence-corrected chi connectivity index (χ2v) is 7.42. The van der Waals surface area contributed by atoms with Crippen LogP contribution in [0.15, 0.2) is 54.6 Å². The largest absolute Gasteiger partial charge is 0.462 e. The number of aliphatic hydroxyl groups excluding tert-OH is 2. The number of rotatable bonds is 8. The molecule has 0 radical (unpaired) electrons. The van der Waals surface area contributed by atoms with Crippen molar-refractivity contribution in [3.05, 3.63) is 71.3 Å². The van der Waals surface area contributed by atoms with Gasteiger partial charge < -0.3 is 19.7 Å². The molecule has 1 heterocycles. The topological polar surface area (TPSA) is 96.3 Å². The number of carbonyl (C=O) groups is 2. The van der Waals surface area contributed by atoms with Crippen LogP contribution in [-0.4, -0.2) is 72.1 Å². The van der Waals surface area contributed by atoms with E-state index in [2.05, 4.69) is 0 Å². The summed E-state index contributed by atoms with van der Waals surface area (Å²) in [6.45, 7) is 3.19. The lowest BCUT2D eigenvalue weighted by Gasteiger charge is -2.38. The zero-order valence-corrected chi connectivity index (χ0v) is 16.9. The highest BCUT2D eigenvalue weighted by molar-refractivity contribution is 6.09. The van der Waals surface area contributed by atoms with Gasteiger partial charge in [-0.15, -0.1) is 0 Å². The Hall–Kier alpha value is -2.58. The number of aliphatic hydroxyl groups is 2. The molecule has 30 heavy (non-hydrogen) atoms. The highest BCUT2D eigenvalue weighted by atomic mass is 16.6. The Morgan fingerprint density at radius 1 is 1.10 bits per heavy atom. The van der Waals surface area contributed by atoms with Gasteiger partial charge in [0.05, 0.1) is 25.4 Å². The van der Waals surface area contributed by atoms with Crippen LogP contribution in [0.25, 0.3) is 0 Å². The van der Waals surface area contributed by atoms with Crippen molar-refractivity contribution in [1.29, 1.82) is 0 Å². The SMILES string of the molecule is CC(COC(=O)c1ccc(C(=O)c2ccccc2)cc1)C(CO)N1CCOC(O)C1. The lowest BCUT2D eigenvalue weighted by molar-refractivity contribution is -0.159. The van der Waals surface area contributed by atoms with E-state index in [-0.39, 0.29) is 31.0 Å². The van der Waals surface area contributed by atoms with Crippen LogP contribution in [0, 0.1) is 5.92 Å². The van der Waals surface area contributed by atoms with E-state index >= 15 is 0 Å². The van der Waals surface area contributed by atoms with Gasteiger partial charge >= 0.3 is 5.97 Å². The van der Waals surface area contributed by atoms with Gasteiger partial charge in [0.15, 0.2) is 12.1 Å². The van der Waals surface area contributed by atoms with Crippen LogP contribution in [0.4, 0.5) is 0 Å². The molecule has 2 aromatic carbocycles. The van der Waals surface area contributed by atoms with Crippen molar-refractivity contribution in [1.82, 2.24) is 4.90 Å². The van der Waals surface area contributed by atoms with Crippen LogP contribution in [0.1, 0.15) is 33.2 Å². The van der Waals surface area contributed by atoms with Crippen molar-refractivity contribution in [2.24, 2.45) is 5.92 Å². The number of esters is 1. The number of hydrogen-bond acceptors (Lipinski definition) is 7. The highest BCUT2D eigenvalue weighted by Crippen LogP contribution is 2.17. The molecule has 0 spiro atoms. The van der Waals surface area contributed by atoms with Crippen LogP contribution >= 0.6 is 0 Å². The number of ether oxygens (including phenoxy) is 2. The van der Waals surface area contributed by atoms with Crippen molar-refractivity contribution in [3.8, 4) is 0 Å². The van der Waals surface area contributed by atoms with Crippen LogP contribution < -0.4 is 0 Å². The van der Waals surface area contributed by atoms with Gasteiger partial charge in [0, 0.05) is 36.2 Å². The maximum atomic E-state index is 12.5. The first-order chi connectivity index (χ1) is 14.5. The summed E-state index contributed by atoms with van der Waals surface area (Å²) < 4.78 is 10.5. The zero-order valence-electron chi connectivity index (χ0n) is 16.9. The number of carbonyl (C=O) groups excluding carboxylic acids is 2. The fourth-order valence-electron chi connectivity index (χ4n) is 3.52. The molecule has 7 heteroatoms. The number of benzene rings is 2. The molecule has 3 unspecified atom stereocenters. The Bertz CT molecular complexity index is 839. The first-order valence-electron chi connectivity index (χ1n) is 10.0. The third-order valence-electron chi connectivity index (χ3n) is 5.29. The van der Waals surface area contributed by atoms with Gasteiger partial charge in [-0.1, -0.05) is 49.4 Å². The summed E-state index contributed by atoms with van der Waals surface area (Å²) in [5.74, 6) is -0.731. The second-order valence-electron chi connectivity index (χ2n) is 7.42. The van der Waals surface area contributed by atoms with E-state index in [0.717, 1.165) is 0 Å². The molecule has 2 aromatic rings. The van der Waals surface area contributed by atoms with Gasteiger partial charge in [-0.05, 0) is 12.1 Å².